The van der Waals surface area contributed by atoms with Gasteiger partial charge >= 0.3 is 0 Å². The average molecular weight is 314 g/mol. The minimum atomic E-state index is -0.735. The zero-order valence-corrected chi connectivity index (χ0v) is 12.2. The van der Waals surface area contributed by atoms with Gasteiger partial charge in [-0.05, 0) is 36.7 Å². The Labute approximate surface area is 128 Å². The second kappa shape index (κ2) is 5.45. The van der Waals surface area contributed by atoms with E-state index in [2.05, 4.69) is 24.6 Å². The highest BCUT2D eigenvalue weighted by Gasteiger charge is 2.09. The van der Waals surface area contributed by atoms with E-state index in [1.54, 1.807) is 13.1 Å². The molecular weight excluding hydrogens is 304 g/mol. The first-order valence-corrected chi connectivity index (χ1v) is 6.95. The van der Waals surface area contributed by atoms with Crippen LogP contribution in [0.25, 0.3) is 11.0 Å². The number of hydrogen-bond donors (Lipinski definition) is 2. The maximum absolute atomic E-state index is 11.2. The highest BCUT2D eigenvalue weighted by Crippen LogP contribution is 2.31. The van der Waals surface area contributed by atoms with Crippen LogP contribution in [-0.2, 0) is 0 Å². The number of phenols is 1. The summed E-state index contributed by atoms with van der Waals surface area (Å²) in [4.78, 5) is 19.5. The minimum Gasteiger partial charge on any atom is -0.507 e. The molecule has 0 spiro atoms. The van der Waals surface area contributed by atoms with Crippen LogP contribution in [0.2, 0.25) is 0 Å². The fourth-order valence-electron chi connectivity index (χ4n) is 1.77. The Morgan fingerprint density at radius 2 is 2.18 bits per heavy atom. The molecule has 0 saturated heterocycles. The molecule has 0 aliphatic heterocycles. The smallest absolute Gasteiger partial charge is 0.252 e. The zero-order valence-electron chi connectivity index (χ0n) is 11.4. The lowest BCUT2D eigenvalue weighted by atomic mass is 10.2. The highest BCUT2D eigenvalue weighted by molar-refractivity contribution is 7.11. The molecule has 0 fully saturated rings. The van der Waals surface area contributed by atoms with E-state index in [1.165, 1.54) is 18.2 Å². The average Bonchev–Trinajstić information content (AvgIpc) is 2.88. The molecule has 0 radical (unpaired) electrons. The summed E-state index contributed by atoms with van der Waals surface area (Å²) in [5.41, 5.74) is 6.11. The lowest BCUT2D eigenvalue weighted by molar-refractivity contribution is 0.0998. The van der Waals surface area contributed by atoms with E-state index in [0.717, 1.165) is 11.5 Å². The van der Waals surface area contributed by atoms with Gasteiger partial charge in [0.15, 0.2) is 10.6 Å². The van der Waals surface area contributed by atoms with Gasteiger partial charge in [-0.2, -0.15) is 4.37 Å². The second-order valence-electron chi connectivity index (χ2n) is 4.41. The van der Waals surface area contributed by atoms with Gasteiger partial charge < -0.3 is 10.8 Å². The van der Waals surface area contributed by atoms with E-state index in [1.807, 2.05) is 0 Å². The summed E-state index contributed by atoms with van der Waals surface area (Å²) in [6.07, 6.45) is 1.64. The van der Waals surface area contributed by atoms with Gasteiger partial charge in [-0.15, -0.1) is 10.2 Å². The molecule has 1 aromatic carbocycles. The molecule has 0 aliphatic carbocycles. The molecule has 0 unspecified atom stereocenters. The van der Waals surface area contributed by atoms with E-state index in [0.29, 0.717) is 27.5 Å². The number of carbonyl (C=O) groups is 1. The first kappa shape index (κ1) is 14.0. The maximum atomic E-state index is 11.2. The molecule has 22 heavy (non-hydrogen) atoms. The maximum Gasteiger partial charge on any atom is 0.252 e. The molecule has 8 nitrogen and oxygen atoms in total. The molecule has 0 saturated carbocycles. The van der Waals surface area contributed by atoms with E-state index < -0.39 is 5.91 Å². The number of fused-ring (bicyclic) bond motifs is 1. The number of benzene rings is 1. The molecule has 3 aromatic rings. The fourth-order valence-corrected chi connectivity index (χ4v) is 2.40. The Bertz CT molecular complexity index is 905. The van der Waals surface area contributed by atoms with Gasteiger partial charge in [-0.1, -0.05) is 0 Å². The van der Waals surface area contributed by atoms with Gasteiger partial charge in [0, 0.05) is 6.20 Å². The summed E-state index contributed by atoms with van der Waals surface area (Å²) in [6.45, 7) is 1.78. The standard InChI is InChI=1S/C13H10N6O2S/c1-6-15-5-9-12(16-6)19-22-13(9)18-17-7-2-3-10(20)8(4-7)11(14)21/h2-5,20H,1H3,(H2,14,21). The lowest BCUT2D eigenvalue weighted by Crippen LogP contribution is -2.10. The second-order valence-corrected chi connectivity index (χ2v) is 5.16. The Kier molecular flexibility index (Phi) is 3.47. The van der Waals surface area contributed by atoms with Crippen molar-refractivity contribution in [2.45, 2.75) is 6.92 Å². The Balaban J connectivity index is 1.96. The fraction of sp³-hybridized carbons (Fsp3) is 0.0769. The summed E-state index contributed by atoms with van der Waals surface area (Å²) in [5.74, 6) is -0.300. The summed E-state index contributed by atoms with van der Waals surface area (Å²) < 4.78 is 4.17. The summed E-state index contributed by atoms with van der Waals surface area (Å²) in [6, 6.07) is 4.23. The molecular formula is C13H10N6O2S. The molecule has 2 aromatic heterocycles. The molecule has 1 amide bonds. The summed E-state index contributed by atoms with van der Waals surface area (Å²) >= 11 is 1.15. The van der Waals surface area contributed by atoms with Crippen molar-refractivity contribution < 1.29 is 9.90 Å². The Hall–Kier alpha value is -2.94. The number of amides is 1. The zero-order chi connectivity index (χ0) is 15.7. The number of aromatic hydroxyl groups is 1. The quantitative estimate of drug-likeness (QED) is 0.718. The van der Waals surface area contributed by atoms with Crippen LogP contribution in [0.5, 0.6) is 5.75 Å². The van der Waals surface area contributed by atoms with Crippen molar-refractivity contribution in [3.05, 3.63) is 35.8 Å². The van der Waals surface area contributed by atoms with Crippen LogP contribution in [0.3, 0.4) is 0 Å². The third kappa shape index (κ3) is 2.61. The normalized spacial score (nSPS) is 11.3. The number of azo groups is 1. The van der Waals surface area contributed by atoms with Crippen LogP contribution in [0.15, 0.2) is 34.6 Å². The van der Waals surface area contributed by atoms with Gasteiger partial charge in [0.2, 0.25) is 0 Å². The lowest BCUT2D eigenvalue weighted by Gasteiger charge is -2.00. The molecule has 2 heterocycles. The number of carbonyl (C=O) groups excluding carboxylic acids is 1. The van der Waals surface area contributed by atoms with Crippen LogP contribution in [-0.4, -0.2) is 25.4 Å². The predicted molar refractivity (Wildman–Crippen MR) is 80.7 cm³/mol. The summed E-state index contributed by atoms with van der Waals surface area (Å²) in [5, 5.41) is 18.9. The largest absolute Gasteiger partial charge is 0.507 e. The Morgan fingerprint density at radius 1 is 1.36 bits per heavy atom. The number of hydrogen-bond acceptors (Lipinski definition) is 8. The molecule has 3 N–H and O–H groups in total. The molecule has 0 aliphatic rings. The highest BCUT2D eigenvalue weighted by atomic mass is 32.1. The van der Waals surface area contributed by atoms with E-state index in [-0.39, 0.29) is 11.3 Å². The van der Waals surface area contributed by atoms with Crippen LogP contribution in [0, 0.1) is 6.92 Å². The van der Waals surface area contributed by atoms with E-state index in [9.17, 15) is 9.90 Å². The topological polar surface area (TPSA) is 127 Å². The number of aryl methyl sites for hydroxylation is 1. The van der Waals surface area contributed by atoms with Crippen LogP contribution < -0.4 is 5.73 Å². The van der Waals surface area contributed by atoms with Crippen molar-refractivity contribution >= 4 is 39.2 Å². The first-order valence-electron chi connectivity index (χ1n) is 6.18. The van der Waals surface area contributed by atoms with Gasteiger partial charge in [-0.3, -0.25) is 4.79 Å². The van der Waals surface area contributed by atoms with Crippen molar-refractivity contribution in [3.63, 3.8) is 0 Å². The van der Waals surface area contributed by atoms with Crippen molar-refractivity contribution in [3.8, 4) is 5.75 Å². The summed E-state index contributed by atoms with van der Waals surface area (Å²) in [7, 11) is 0. The SMILES string of the molecule is Cc1ncc2c(N=Nc3ccc(O)c(C(N)=O)c3)snc2n1. The molecule has 9 heteroatoms. The third-order valence-corrected chi connectivity index (χ3v) is 3.58. The van der Waals surface area contributed by atoms with Crippen LogP contribution >= 0.6 is 11.5 Å². The van der Waals surface area contributed by atoms with Crippen LogP contribution in [0.4, 0.5) is 10.7 Å². The molecule has 110 valence electrons. The van der Waals surface area contributed by atoms with Crippen molar-refractivity contribution in [2.24, 2.45) is 16.0 Å². The molecule has 3 rings (SSSR count). The van der Waals surface area contributed by atoms with Crippen molar-refractivity contribution in [2.75, 3.05) is 0 Å². The number of primary amides is 1. The van der Waals surface area contributed by atoms with Gasteiger partial charge in [-0.25, -0.2) is 9.97 Å². The van der Waals surface area contributed by atoms with Gasteiger partial charge in [0.25, 0.3) is 5.91 Å². The Morgan fingerprint density at radius 3 is 2.95 bits per heavy atom. The number of rotatable bonds is 3. The van der Waals surface area contributed by atoms with Crippen molar-refractivity contribution in [1.82, 2.24) is 14.3 Å². The monoisotopic (exact) mass is 314 g/mol. The number of nitrogens with two attached hydrogens (primary N) is 1. The van der Waals surface area contributed by atoms with E-state index in [4.69, 9.17) is 5.73 Å². The first-order chi connectivity index (χ1) is 10.5. The number of nitrogens with zero attached hydrogens (tertiary/aromatic N) is 5. The van der Waals surface area contributed by atoms with E-state index >= 15 is 0 Å². The predicted octanol–water partition coefficient (Wildman–Crippen LogP) is 2.61. The van der Waals surface area contributed by atoms with Gasteiger partial charge in [0.1, 0.15) is 11.6 Å². The van der Waals surface area contributed by atoms with Crippen LogP contribution in [0.1, 0.15) is 16.2 Å². The number of aromatic nitrogens is 3. The molecule has 0 atom stereocenters. The molecule has 0 bridgehead atoms. The van der Waals surface area contributed by atoms with Crippen molar-refractivity contribution in [1.29, 1.82) is 0 Å². The minimum absolute atomic E-state index is 0.00966. The third-order valence-electron chi connectivity index (χ3n) is 2.84. The van der Waals surface area contributed by atoms with Gasteiger partial charge in [0.05, 0.1) is 16.6 Å².